The zero-order valence-corrected chi connectivity index (χ0v) is 12.6. The van der Waals surface area contributed by atoms with Crippen molar-refractivity contribution >= 4 is 17.7 Å². The Morgan fingerprint density at radius 3 is 2.77 bits per heavy atom. The summed E-state index contributed by atoms with van der Waals surface area (Å²) in [6.45, 7) is 5.26. The molecule has 1 aliphatic rings. The van der Waals surface area contributed by atoms with E-state index in [0.717, 1.165) is 11.1 Å². The maximum atomic E-state index is 12.5. The number of carbonyl (C=O) groups excluding carboxylic acids is 2. The van der Waals surface area contributed by atoms with Crippen molar-refractivity contribution in [3.63, 3.8) is 0 Å². The molecule has 1 unspecified atom stereocenters. The van der Waals surface area contributed by atoms with Gasteiger partial charge in [0.25, 0.3) is 5.91 Å². The summed E-state index contributed by atoms with van der Waals surface area (Å²) in [4.78, 5) is 24.6. The summed E-state index contributed by atoms with van der Waals surface area (Å²) >= 11 is 0. The van der Waals surface area contributed by atoms with Gasteiger partial charge in [0.15, 0.2) is 11.4 Å². The number of aromatic nitrogens is 1. The second-order valence-corrected chi connectivity index (χ2v) is 5.73. The summed E-state index contributed by atoms with van der Waals surface area (Å²) in [6, 6.07) is 7.08. The van der Waals surface area contributed by atoms with Gasteiger partial charge in [0, 0.05) is 12.5 Å². The van der Waals surface area contributed by atoms with Crippen LogP contribution in [-0.4, -0.2) is 22.6 Å². The van der Waals surface area contributed by atoms with Gasteiger partial charge in [-0.1, -0.05) is 22.9 Å². The van der Waals surface area contributed by atoms with Gasteiger partial charge in [-0.05, 0) is 32.4 Å². The first-order valence-corrected chi connectivity index (χ1v) is 6.95. The van der Waals surface area contributed by atoms with Gasteiger partial charge >= 0.3 is 5.97 Å². The van der Waals surface area contributed by atoms with Crippen molar-refractivity contribution in [1.82, 2.24) is 5.16 Å². The molecule has 0 saturated heterocycles. The third-order valence-electron chi connectivity index (χ3n) is 3.68. The highest BCUT2D eigenvalue weighted by atomic mass is 16.6. The van der Waals surface area contributed by atoms with Crippen molar-refractivity contribution < 1.29 is 18.8 Å². The van der Waals surface area contributed by atoms with Crippen LogP contribution in [0.3, 0.4) is 0 Å². The number of nitrogens with zero attached hydrogens (tertiary/aromatic N) is 1. The van der Waals surface area contributed by atoms with Crippen LogP contribution < -0.4 is 5.32 Å². The molecule has 1 amide bonds. The molecule has 0 spiro atoms. The standard InChI is InChI=1S/C16H16N2O4/c1-9-4-5-12-11(6-9)8-16(3,21-14(12)19)15(20)17-13-7-10(2)22-18-13/h4-7H,8H2,1-3H3,(H,17,18,20). The van der Waals surface area contributed by atoms with Gasteiger partial charge in [0.2, 0.25) is 0 Å². The number of cyclic esters (lactones) is 1. The molecule has 6 nitrogen and oxygen atoms in total. The largest absolute Gasteiger partial charge is 0.445 e. The molecule has 22 heavy (non-hydrogen) atoms. The SMILES string of the molecule is Cc1ccc2c(c1)CC(C)(C(=O)Nc1cc(C)on1)OC2=O. The van der Waals surface area contributed by atoms with Crippen LogP contribution in [0.1, 0.15) is 34.2 Å². The Hall–Kier alpha value is -2.63. The van der Waals surface area contributed by atoms with Gasteiger partial charge in [0.05, 0.1) is 5.56 Å². The van der Waals surface area contributed by atoms with E-state index in [2.05, 4.69) is 10.5 Å². The van der Waals surface area contributed by atoms with Crippen LogP contribution in [0.5, 0.6) is 0 Å². The summed E-state index contributed by atoms with van der Waals surface area (Å²) in [7, 11) is 0. The van der Waals surface area contributed by atoms with E-state index in [1.54, 1.807) is 26.0 Å². The fraction of sp³-hybridized carbons (Fsp3) is 0.312. The second kappa shape index (κ2) is 4.98. The van der Waals surface area contributed by atoms with E-state index in [1.807, 2.05) is 19.1 Å². The number of ether oxygens (including phenoxy) is 1. The normalized spacial score (nSPS) is 20.2. The van der Waals surface area contributed by atoms with E-state index in [1.165, 1.54) is 0 Å². The molecule has 1 atom stereocenters. The maximum Gasteiger partial charge on any atom is 0.339 e. The van der Waals surface area contributed by atoms with Crippen molar-refractivity contribution in [2.24, 2.45) is 0 Å². The van der Waals surface area contributed by atoms with Crippen molar-refractivity contribution in [3.8, 4) is 0 Å². The molecule has 0 aliphatic carbocycles. The Morgan fingerprint density at radius 1 is 1.32 bits per heavy atom. The lowest BCUT2D eigenvalue weighted by Crippen LogP contribution is -2.49. The first-order chi connectivity index (χ1) is 10.4. The van der Waals surface area contributed by atoms with Crippen LogP contribution in [0.2, 0.25) is 0 Å². The summed E-state index contributed by atoms with van der Waals surface area (Å²) in [5.74, 6) is -0.0339. The topological polar surface area (TPSA) is 81.4 Å². The lowest BCUT2D eigenvalue weighted by atomic mass is 9.88. The molecule has 2 aromatic rings. The molecule has 1 N–H and O–H groups in total. The number of carbonyl (C=O) groups is 2. The number of aryl methyl sites for hydroxylation is 2. The first kappa shape index (κ1) is 14.3. The predicted octanol–water partition coefficient (Wildman–Crippen LogP) is 2.40. The lowest BCUT2D eigenvalue weighted by molar-refractivity contribution is -0.134. The smallest absolute Gasteiger partial charge is 0.339 e. The fourth-order valence-corrected chi connectivity index (χ4v) is 2.53. The number of hydrogen-bond acceptors (Lipinski definition) is 5. The van der Waals surface area contributed by atoms with Crippen molar-refractivity contribution in [2.45, 2.75) is 32.8 Å². The van der Waals surface area contributed by atoms with Crippen molar-refractivity contribution in [1.29, 1.82) is 0 Å². The molecule has 0 bridgehead atoms. The zero-order chi connectivity index (χ0) is 15.9. The van der Waals surface area contributed by atoms with Gasteiger partial charge in [-0.15, -0.1) is 0 Å². The zero-order valence-electron chi connectivity index (χ0n) is 12.6. The molecule has 1 aliphatic heterocycles. The van der Waals surface area contributed by atoms with E-state index in [4.69, 9.17) is 9.26 Å². The summed E-state index contributed by atoms with van der Waals surface area (Å²) in [5.41, 5.74) is 1.08. The highest BCUT2D eigenvalue weighted by molar-refractivity contribution is 6.02. The van der Waals surface area contributed by atoms with Crippen molar-refractivity contribution in [2.75, 3.05) is 5.32 Å². The Labute approximate surface area is 127 Å². The van der Waals surface area contributed by atoms with Gasteiger partial charge in [-0.25, -0.2) is 4.79 Å². The molecular weight excluding hydrogens is 284 g/mol. The minimum atomic E-state index is -1.27. The molecule has 0 radical (unpaired) electrons. The first-order valence-electron chi connectivity index (χ1n) is 6.95. The fourth-order valence-electron chi connectivity index (χ4n) is 2.53. The minimum absolute atomic E-state index is 0.301. The quantitative estimate of drug-likeness (QED) is 0.861. The predicted molar refractivity (Wildman–Crippen MR) is 78.6 cm³/mol. The highest BCUT2D eigenvalue weighted by Gasteiger charge is 2.43. The molecule has 6 heteroatoms. The van der Waals surface area contributed by atoms with Crippen LogP contribution in [0.4, 0.5) is 5.82 Å². The summed E-state index contributed by atoms with van der Waals surface area (Å²) < 4.78 is 10.3. The minimum Gasteiger partial charge on any atom is -0.445 e. The number of amides is 1. The second-order valence-electron chi connectivity index (χ2n) is 5.73. The third kappa shape index (κ3) is 2.47. The van der Waals surface area contributed by atoms with E-state index in [0.29, 0.717) is 23.6 Å². The average Bonchev–Trinajstić information content (AvgIpc) is 2.83. The molecule has 0 fully saturated rings. The van der Waals surface area contributed by atoms with Gasteiger partial charge in [-0.2, -0.15) is 0 Å². The van der Waals surface area contributed by atoms with Crippen LogP contribution in [0, 0.1) is 13.8 Å². The van der Waals surface area contributed by atoms with E-state index < -0.39 is 17.5 Å². The Balaban J connectivity index is 1.87. The molecule has 0 saturated carbocycles. The van der Waals surface area contributed by atoms with Gasteiger partial charge < -0.3 is 14.6 Å². The summed E-state index contributed by atoms with van der Waals surface area (Å²) in [6.07, 6.45) is 0.318. The third-order valence-corrected chi connectivity index (χ3v) is 3.68. The van der Waals surface area contributed by atoms with E-state index >= 15 is 0 Å². The van der Waals surface area contributed by atoms with E-state index in [-0.39, 0.29) is 0 Å². The van der Waals surface area contributed by atoms with Crippen LogP contribution in [0.25, 0.3) is 0 Å². The van der Waals surface area contributed by atoms with Gasteiger partial charge in [0.1, 0.15) is 5.76 Å². The maximum absolute atomic E-state index is 12.5. The van der Waals surface area contributed by atoms with Crippen LogP contribution in [0.15, 0.2) is 28.8 Å². The molecule has 2 heterocycles. The van der Waals surface area contributed by atoms with Crippen LogP contribution in [-0.2, 0) is 16.0 Å². The van der Waals surface area contributed by atoms with E-state index in [9.17, 15) is 9.59 Å². The molecule has 114 valence electrons. The molecule has 1 aromatic carbocycles. The number of esters is 1. The highest BCUT2D eigenvalue weighted by Crippen LogP contribution is 2.30. The average molecular weight is 300 g/mol. The van der Waals surface area contributed by atoms with Crippen LogP contribution >= 0.6 is 0 Å². The molecule has 3 rings (SSSR count). The number of rotatable bonds is 2. The van der Waals surface area contributed by atoms with Crippen molar-refractivity contribution in [3.05, 3.63) is 46.7 Å². The number of anilines is 1. The lowest BCUT2D eigenvalue weighted by Gasteiger charge is -2.32. The number of nitrogens with one attached hydrogen (secondary N) is 1. The Morgan fingerprint density at radius 2 is 2.09 bits per heavy atom. The number of fused-ring (bicyclic) bond motifs is 1. The molecular formula is C16H16N2O4. The number of hydrogen-bond donors (Lipinski definition) is 1. The summed E-state index contributed by atoms with van der Waals surface area (Å²) in [5, 5.41) is 6.33. The Kier molecular flexibility index (Phi) is 3.24. The Bertz CT molecular complexity index is 765. The molecule has 1 aromatic heterocycles. The monoisotopic (exact) mass is 300 g/mol. The number of benzene rings is 1. The van der Waals surface area contributed by atoms with Gasteiger partial charge in [-0.3, -0.25) is 4.79 Å².